The van der Waals surface area contributed by atoms with Crippen molar-refractivity contribution < 1.29 is 0 Å². The molecule has 0 radical (unpaired) electrons. The van der Waals surface area contributed by atoms with Crippen LogP contribution in [0.4, 0.5) is 11.4 Å². The molecule has 0 bridgehead atoms. The zero-order valence-corrected chi connectivity index (χ0v) is 14.7. The van der Waals surface area contributed by atoms with E-state index in [1.165, 1.54) is 18.4 Å². The first-order valence-electron chi connectivity index (χ1n) is 7.21. The number of thiocarbonyl (C=S) groups is 1. The molecule has 5 heteroatoms. The van der Waals surface area contributed by atoms with Crippen molar-refractivity contribution in [1.29, 1.82) is 0 Å². The highest BCUT2D eigenvalue weighted by molar-refractivity contribution is 7.80. The second-order valence-corrected chi connectivity index (χ2v) is 6.17. The summed E-state index contributed by atoms with van der Waals surface area (Å²) in [4.78, 5) is 0. The van der Waals surface area contributed by atoms with Gasteiger partial charge >= 0.3 is 0 Å². The van der Waals surface area contributed by atoms with Crippen LogP contribution in [0.3, 0.4) is 0 Å². The number of aryl methyl sites for hydroxylation is 1. The molecule has 0 atom stereocenters. The lowest BCUT2D eigenvalue weighted by atomic mass is 10.1. The van der Waals surface area contributed by atoms with Gasteiger partial charge in [0, 0.05) is 5.69 Å². The third-order valence-corrected chi connectivity index (χ3v) is 4.25. The number of unbranched alkanes of at least 4 members (excludes halogenated alkanes) is 1. The van der Waals surface area contributed by atoms with Crippen LogP contribution < -0.4 is 10.6 Å². The summed E-state index contributed by atoms with van der Waals surface area (Å²) in [5.41, 5.74) is 2.96. The van der Waals surface area contributed by atoms with Gasteiger partial charge in [-0.15, -0.1) is 0 Å². The van der Waals surface area contributed by atoms with E-state index in [0.717, 1.165) is 12.1 Å². The van der Waals surface area contributed by atoms with Gasteiger partial charge in [-0.05, 0) is 54.9 Å². The van der Waals surface area contributed by atoms with Crippen molar-refractivity contribution >= 4 is 51.9 Å². The monoisotopic (exact) mass is 352 g/mol. The van der Waals surface area contributed by atoms with E-state index >= 15 is 0 Å². The highest BCUT2D eigenvalue weighted by Crippen LogP contribution is 2.29. The largest absolute Gasteiger partial charge is 0.332 e. The third-order valence-electron chi connectivity index (χ3n) is 3.23. The average molecular weight is 353 g/mol. The van der Waals surface area contributed by atoms with E-state index in [1.54, 1.807) is 6.07 Å². The van der Waals surface area contributed by atoms with Crippen LogP contribution in [-0.4, -0.2) is 5.11 Å². The molecule has 0 saturated heterocycles. The van der Waals surface area contributed by atoms with Crippen molar-refractivity contribution in [3.8, 4) is 0 Å². The minimum absolute atomic E-state index is 0.461. The van der Waals surface area contributed by atoms with Crippen molar-refractivity contribution in [3.05, 3.63) is 58.1 Å². The second kappa shape index (κ2) is 8.37. The Morgan fingerprint density at radius 1 is 1.05 bits per heavy atom. The van der Waals surface area contributed by atoms with Gasteiger partial charge in [0.25, 0.3) is 0 Å². The summed E-state index contributed by atoms with van der Waals surface area (Å²) >= 11 is 17.4. The topological polar surface area (TPSA) is 24.1 Å². The molecule has 2 N–H and O–H groups in total. The lowest BCUT2D eigenvalue weighted by molar-refractivity contribution is 0.795. The van der Waals surface area contributed by atoms with Gasteiger partial charge in [-0.3, -0.25) is 0 Å². The molecule has 2 aromatic rings. The fourth-order valence-electron chi connectivity index (χ4n) is 2.02. The van der Waals surface area contributed by atoms with Crippen molar-refractivity contribution in [2.45, 2.75) is 26.2 Å². The average Bonchev–Trinajstić information content (AvgIpc) is 2.51. The van der Waals surface area contributed by atoms with Crippen LogP contribution in [0.15, 0.2) is 42.5 Å². The highest BCUT2D eigenvalue weighted by Gasteiger charge is 2.06. The number of hydrogen-bond donors (Lipinski definition) is 2. The van der Waals surface area contributed by atoms with E-state index in [0.29, 0.717) is 20.8 Å². The van der Waals surface area contributed by atoms with Crippen LogP contribution in [0.1, 0.15) is 25.3 Å². The quantitative estimate of drug-likeness (QED) is 0.631. The number of rotatable bonds is 5. The maximum atomic E-state index is 6.13. The lowest BCUT2D eigenvalue weighted by Crippen LogP contribution is -2.19. The number of anilines is 2. The Balaban J connectivity index is 1.95. The number of benzene rings is 2. The molecule has 0 fully saturated rings. The molecule has 0 saturated carbocycles. The Hall–Kier alpha value is -1.29. The minimum Gasteiger partial charge on any atom is -0.332 e. The van der Waals surface area contributed by atoms with Gasteiger partial charge in [-0.25, -0.2) is 0 Å². The highest BCUT2D eigenvalue weighted by atomic mass is 35.5. The van der Waals surface area contributed by atoms with Crippen LogP contribution in [0.25, 0.3) is 0 Å². The van der Waals surface area contributed by atoms with E-state index in [2.05, 4.69) is 29.7 Å². The van der Waals surface area contributed by atoms with Crippen molar-refractivity contribution in [3.63, 3.8) is 0 Å². The zero-order chi connectivity index (χ0) is 15.9. The first-order valence-corrected chi connectivity index (χ1v) is 8.37. The predicted octanol–water partition coefficient (Wildman–Crippen LogP) is 6.14. The molecule has 0 amide bonds. The van der Waals surface area contributed by atoms with Crippen LogP contribution in [-0.2, 0) is 6.42 Å². The van der Waals surface area contributed by atoms with E-state index in [1.807, 2.05) is 24.3 Å². The second-order valence-electron chi connectivity index (χ2n) is 4.98. The molecular weight excluding hydrogens is 335 g/mol. The Kier molecular flexibility index (Phi) is 6.49. The third kappa shape index (κ3) is 4.87. The predicted molar refractivity (Wildman–Crippen MR) is 101 cm³/mol. The van der Waals surface area contributed by atoms with Crippen molar-refractivity contribution in [2.75, 3.05) is 10.6 Å². The van der Waals surface area contributed by atoms with Gasteiger partial charge in [0.15, 0.2) is 5.11 Å². The Labute approximate surface area is 146 Å². The Morgan fingerprint density at radius 3 is 2.45 bits per heavy atom. The van der Waals surface area contributed by atoms with Gasteiger partial charge in [0.05, 0.1) is 15.7 Å². The van der Waals surface area contributed by atoms with Gasteiger partial charge in [-0.1, -0.05) is 54.7 Å². The summed E-state index contributed by atoms with van der Waals surface area (Å²) in [6.45, 7) is 2.20. The van der Waals surface area contributed by atoms with Crippen molar-refractivity contribution in [1.82, 2.24) is 0 Å². The van der Waals surface area contributed by atoms with Gasteiger partial charge in [-0.2, -0.15) is 0 Å². The normalized spacial score (nSPS) is 10.3. The number of halogens is 2. The zero-order valence-electron chi connectivity index (χ0n) is 12.3. The summed E-state index contributed by atoms with van der Waals surface area (Å²) in [6, 6.07) is 13.7. The molecule has 0 aliphatic heterocycles. The van der Waals surface area contributed by atoms with E-state index in [4.69, 9.17) is 35.4 Å². The summed E-state index contributed by atoms with van der Waals surface area (Å²) in [7, 11) is 0. The van der Waals surface area contributed by atoms with Crippen LogP contribution in [0.5, 0.6) is 0 Å². The molecule has 0 aromatic heterocycles. The van der Waals surface area contributed by atoms with E-state index < -0.39 is 0 Å². The Bertz CT molecular complexity index is 642. The van der Waals surface area contributed by atoms with Gasteiger partial charge in [0.1, 0.15) is 0 Å². The van der Waals surface area contributed by atoms with Crippen molar-refractivity contribution in [2.24, 2.45) is 0 Å². The molecule has 0 aliphatic carbocycles. The maximum absolute atomic E-state index is 6.13. The molecule has 0 heterocycles. The fraction of sp³-hybridized carbons (Fsp3) is 0.235. The molecule has 116 valence electrons. The van der Waals surface area contributed by atoms with Crippen LogP contribution in [0.2, 0.25) is 10.0 Å². The van der Waals surface area contributed by atoms with Crippen LogP contribution in [0, 0.1) is 0 Å². The summed E-state index contributed by atoms with van der Waals surface area (Å²) < 4.78 is 0. The first-order chi connectivity index (χ1) is 10.6. The lowest BCUT2D eigenvalue weighted by Gasteiger charge is -2.12. The van der Waals surface area contributed by atoms with Crippen LogP contribution >= 0.6 is 35.4 Å². The first kappa shape index (κ1) is 17.1. The number of nitrogens with one attached hydrogen (secondary N) is 2. The van der Waals surface area contributed by atoms with Gasteiger partial charge in [0.2, 0.25) is 0 Å². The Morgan fingerprint density at radius 2 is 1.77 bits per heavy atom. The molecule has 2 rings (SSSR count). The molecular formula is C17H18Cl2N2S. The number of hydrogen-bond acceptors (Lipinski definition) is 1. The standard InChI is InChI=1S/C17H18Cl2N2S/c1-2-3-5-12-8-10-13(11-9-12)20-17(22)21-15-7-4-6-14(18)16(15)19/h4,6-11H,2-3,5H2,1H3,(H2,20,21,22). The fourth-order valence-corrected chi connectivity index (χ4v) is 2.60. The molecule has 2 nitrogen and oxygen atoms in total. The molecule has 0 unspecified atom stereocenters. The van der Waals surface area contributed by atoms with E-state index in [9.17, 15) is 0 Å². The SMILES string of the molecule is CCCCc1ccc(NC(=S)Nc2cccc(Cl)c2Cl)cc1. The van der Waals surface area contributed by atoms with Gasteiger partial charge < -0.3 is 10.6 Å². The van der Waals surface area contributed by atoms with E-state index in [-0.39, 0.29) is 0 Å². The molecule has 22 heavy (non-hydrogen) atoms. The maximum Gasteiger partial charge on any atom is 0.175 e. The molecule has 0 spiro atoms. The molecule has 2 aromatic carbocycles. The summed E-state index contributed by atoms with van der Waals surface area (Å²) in [6.07, 6.45) is 3.52. The smallest absolute Gasteiger partial charge is 0.175 e. The molecule has 0 aliphatic rings. The minimum atomic E-state index is 0.461. The summed E-state index contributed by atoms with van der Waals surface area (Å²) in [5, 5.41) is 7.63. The summed E-state index contributed by atoms with van der Waals surface area (Å²) in [5.74, 6) is 0.